The van der Waals surface area contributed by atoms with Gasteiger partial charge in [-0.3, -0.25) is 0 Å². The summed E-state index contributed by atoms with van der Waals surface area (Å²) in [6.45, 7) is 27.8. The van der Waals surface area contributed by atoms with Crippen molar-refractivity contribution in [2.75, 3.05) is 58.9 Å². The van der Waals surface area contributed by atoms with Gasteiger partial charge >= 0.3 is 0 Å². The molecule has 5 nitrogen and oxygen atoms in total. The number of hydrogen-bond donors (Lipinski definition) is 3. The molecule has 2 unspecified atom stereocenters. The lowest BCUT2D eigenvalue weighted by Crippen LogP contribution is -2.48. The molecule has 0 bridgehead atoms. The second-order valence-electron chi connectivity index (χ2n) is 16.2. The van der Waals surface area contributed by atoms with Crippen molar-refractivity contribution in [3.8, 4) is 0 Å². The van der Waals surface area contributed by atoms with Crippen molar-refractivity contribution in [3.63, 3.8) is 0 Å². The van der Waals surface area contributed by atoms with E-state index in [-0.39, 0.29) is 16.6 Å². The number of nitrogens with one attached hydrogen (secondary N) is 3. The van der Waals surface area contributed by atoms with Gasteiger partial charge in [-0.05, 0) is 183 Å². The third kappa shape index (κ3) is 13.1. The Balaban J connectivity index is 1.29. The third-order valence-corrected chi connectivity index (χ3v) is 10.1. The minimum Gasteiger partial charge on any atom is -0.312 e. The van der Waals surface area contributed by atoms with Crippen molar-refractivity contribution in [1.29, 1.82) is 0 Å². The van der Waals surface area contributed by atoms with Gasteiger partial charge in [-0.1, -0.05) is 12.8 Å². The molecule has 0 aromatic carbocycles. The van der Waals surface area contributed by atoms with Crippen LogP contribution in [0.2, 0.25) is 0 Å². The highest BCUT2D eigenvalue weighted by Crippen LogP contribution is 2.46. The van der Waals surface area contributed by atoms with Crippen LogP contribution < -0.4 is 16.0 Å². The molecule has 3 fully saturated rings. The van der Waals surface area contributed by atoms with Crippen molar-refractivity contribution >= 4 is 0 Å². The van der Waals surface area contributed by atoms with E-state index in [2.05, 4.69) is 74.2 Å². The van der Waals surface area contributed by atoms with Crippen molar-refractivity contribution in [2.45, 2.75) is 149 Å². The normalized spacial score (nSPS) is 26.1. The Bertz CT molecular complexity index is 674. The molecular weight excluding hydrogens is 478 g/mol. The number of nitrogens with zero attached hydrogens (tertiary/aromatic N) is 2. The molecule has 2 heterocycles. The summed E-state index contributed by atoms with van der Waals surface area (Å²) in [4.78, 5) is 5.45. The fourth-order valence-corrected chi connectivity index (χ4v) is 7.62. The van der Waals surface area contributed by atoms with Crippen molar-refractivity contribution < 1.29 is 0 Å². The first kappa shape index (κ1) is 33.3. The van der Waals surface area contributed by atoms with Gasteiger partial charge in [0.25, 0.3) is 0 Å². The van der Waals surface area contributed by atoms with Gasteiger partial charge in [-0.2, -0.15) is 0 Å². The van der Waals surface area contributed by atoms with Gasteiger partial charge in [0.2, 0.25) is 0 Å². The topological polar surface area (TPSA) is 42.6 Å². The van der Waals surface area contributed by atoms with Crippen LogP contribution in [-0.2, 0) is 0 Å². The smallest absolute Gasteiger partial charge is 0.0125 e. The molecule has 2 aliphatic heterocycles. The second-order valence-corrected chi connectivity index (χ2v) is 16.2. The van der Waals surface area contributed by atoms with Crippen molar-refractivity contribution in [3.05, 3.63) is 0 Å². The SMILES string of the molecule is CC(C)(C)NCCC1CCCC2(CCCN(CCCNC(C)(C)CCC(C)(C)NCCCN3CCCC3)C2)C1. The minimum absolute atomic E-state index is 0.204. The van der Waals surface area contributed by atoms with Gasteiger partial charge in [0.05, 0.1) is 0 Å². The Hall–Kier alpha value is -0.200. The van der Waals surface area contributed by atoms with Gasteiger partial charge in [0.15, 0.2) is 0 Å². The zero-order chi connectivity index (χ0) is 28.4. The van der Waals surface area contributed by atoms with Crippen molar-refractivity contribution in [2.24, 2.45) is 11.3 Å². The summed E-state index contributed by atoms with van der Waals surface area (Å²) in [7, 11) is 0. The Labute approximate surface area is 244 Å². The summed E-state index contributed by atoms with van der Waals surface area (Å²) in [6.07, 6.45) is 17.9. The molecule has 0 radical (unpaired) electrons. The first-order valence-electron chi connectivity index (χ1n) is 17.1. The Kier molecular flexibility index (Phi) is 13.1. The molecule has 1 spiro atoms. The predicted molar refractivity (Wildman–Crippen MR) is 171 cm³/mol. The van der Waals surface area contributed by atoms with E-state index in [1.165, 1.54) is 129 Å². The molecule has 230 valence electrons. The van der Waals surface area contributed by atoms with Crippen LogP contribution in [0.1, 0.15) is 132 Å². The highest BCUT2D eigenvalue weighted by molar-refractivity contribution is 4.92. The lowest BCUT2D eigenvalue weighted by Gasteiger charge is -2.48. The van der Waals surface area contributed by atoms with Crippen LogP contribution in [0, 0.1) is 11.3 Å². The van der Waals surface area contributed by atoms with E-state index >= 15 is 0 Å². The molecule has 3 rings (SSSR count). The van der Waals surface area contributed by atoms with E-state index in [0.29, 0.717) is 5.41 Å². The maximum atomic E-state index is 3.92. The molecule has 2 saturated heterocycles. The molecule has 0 amide bonds. The van der Waals surface area contributed by atoms with Gasteiger partial charge in [0, 0.05) is 23.2 Å². The fraction of sp³-hybridized carbons (Fsp3) is 1.00. The summed E-state index contributed by atoms with van der Waals surface area (Å²) < 4.78 is 0. The van der Waals surface area contributed by atoms with E-state index in [9.17, 15) is 0 Å². The maximum absolute atomic E-state index is 3.92. The molecule has 0 aromatic rings. The summed E-state index contributed by atoms with van der Waals surface area (Å²) in [6, 6.07) is 0. The van der Waals surface area contributed by atoms with E-state index in [4.69, 9.17) is 0 Å². The van der Waals surface area contributed by atoms with E-state index in [1.54, 1.807) is 0 Å². The average molecular weight is 548 g/mol. The van der Waals surface area contributed by atoms with Crippen LogP contribution >= 0.6 is 0 Å². The fourth-order valence-electron chi connectivity index (χ4n) is 7.62. The number of rotatable bonds is 16. The quantitative estimate of drug-likeness (QED) is 0.194. The first-order chi connectivity index (χ1) is 18.4. The molecule has 0 aromatic heterocycles. The Morgan fingerprint density at radius 3 is 1.85 bits per heavy atom. The summed E-state index contributed by atoms with van der Waals surface area (Å²) in [5, 5.41) is 11.5. The summed E-state index contributed by atoms with van der Waals surface area (Å²) in [5.74, 6) is 0.930. The van der Waals surface area contributed by atoms with Crippen LogP contribution in [0.4, 0.5) is 0 Å². The molecule has 3 N–H and O–H groups in total. The van der Waals surface area contributed by atoms with Gasteiger partial charge < -0.3 is 25.8 Å². The van der Waals surface area contributed by atoms with Gasteiger partial charge in [-0.25, -0.2) is 0 Å². The minimum atomic E-state index is 0.204. The molecule has 1 saturated carbocycles. The van der Waals surface area contributed by atoms with Crippen molar-refractivity contribution in [1.82, 2.24) is 25.8 Å². The number of piperidine rings is 1. The molecule has 2 atom stereocenters. The highest BCUT2D eigenvalue weighted by atomic mass is 15.1. The number of likely N-dealkylation sites (tertiary alicyclic amines) is 2. The van der Waals surface area contributed by atoms with Crippen LogP contribution in [0.25, 0.3) is 0 Å². The van der Waals surface area contributed by atoms with Crippen LogP contribution in [0.15, 0.2) is 0 Å². The first-order valence-corrected chi connectivity index (χ1v) is 17.1. The molecule has 1 aliphatic carbocycles. The third-order valence-electron chi connectivity index (χ3n) is 10.1. The average Bonchev–Trinajstić information content (AvgIpc) is 3.37. The zero-order valence-corrected chi connectivity index (χ0v) is 27.5. The second kappa shape index (κ2) is 15.3. The Morgan fingerprint density at radius 2 is 1.23 bits per heavy atom. The van der Waals surface area contributed by atoms with Gasteiger partial charge in [0.1, 0.15) is 0 Å². The predicted octanol–water partition coefficient (Wildman–Crippen LogP) is 6.43. The van der Waals surface area contributed by atoms with Crippen LogP contribution in [0.5, 0.6) is 0 Å². The lowest BCUT2D eigenvalue weighted by molar-refractivity contribution is 0.0301. The molecule has 39 heavy (non-hydrogen) atoms. The zero-order valence-electron chi connectivity index (χ0n) is 27.5. The highest BCUT2D eigenvalue weighted by Gasteiger charge is 2.39. The Morgan fingerprint density at radius 1 is 0.667 bits per heavy atom. The standard InChI is InChI=1S/C34H69N5/c1-31(2,3)35-22-15-30-14-10-16-34(28-30)17-11-25-39(29-34)27-13-21-37-33(6,7)19-18-32(4,5)36-20-12-26-38-23-8-9-24-38/h30,35-37H,8-29H2,1-7H3. The monoisotopic (exact) mass is 548 g/mol. The molecule has 3 aliphatic rings. The largest absolute Gasteiger partial charge is 0.312 e. The maximum Gasteiger partial charge on any atom is 0.0125 e. The summed E-state index contributed by atoms with van der Waals surface area (Å²) in [5.41, 5.74) is 1.28. The number of hydrogen-bond acceptors (Lipinski definition) is 5. The summed E-state index contributed by atoms with van der Waals surface area (Å²) >= 11 is 0. The van der Waals surface area contributed by atoms with Crippen LogP contribution in [-0.4, -0.2) is 85.3 Å². The van der Waals surface area contributed by atoms with E-state index in [1.807, 2.05) is 0 Å². The van der Waals surface area contributed by atoms with Gasteiger partial charge in [-0.15, -0.1) is 0 Å². The van der Waals surface area contributed by atoms with E-state index in [0.717, 1.165) is 19.0 Å². The van der Waals surface area contributed by atoms with E-state index < -0.39 is 0 Å². The van der Waals surface area contributed by atoms with Crippen LogP contribution in [0.3, 0.4) is 0 Å². The molecule has 5 heteroatoms. The molecular formula is C34H69N5. The lowest BCUT2D eigenvalue weighted by atomic mass is 9.65.